The van der Waals surface area contributed by atoms with Crippen LogP contribution in [-0.2, 0) is 4.74 Å². The molecule has 0 radical (unpaired) electrons. The zero-order valence-corrected chi connectivity index (χ0v) is 9.27. The molecule has 0 bridgehead atoms. The van der Waals surface area contributed by atoms with Gasteiger partial charge in [-0.1, -0.05) is 20.8 Å². The van der Waals surface area contributed by atoms with Crippen LogP contribution >= 0.6 is 0 Å². The molecule has 0 aliphatic rings. The minimum Gasteiger partial charge on any atom is -0.377 e. The van der Waals surface area contributed by atoms with Crippen molar-refractivity contribution in [2.75, 3.05) is 13.7 Å². The van der Waals surface area contributed by atoms with Gasteiger partial charge in [0.1, 0.15) is 0 Å². The molecule has 0 amide bonds. The van der Waals surface area contributed by atoms with Gasteiger partial charge in [-0.2, -0.15) is 0 Å². The SMILES string of the molecule is CNC(COC(C)C)C(C)(C)C. The molecule has 2 nitrogen and oxygen atoms in total. The highest BCUT2D eigenvalue weighted by atomic mass is 16.5. The van der Waals surface area contributed by atoms with Gasteiger partial charge in [-0.25, -0.2) is 0 Å². The molecule has 0 fully saturated rings. The van der Waals surface area contributed by atoms with Gasteiger partial charge < -0.3 is 10.1 Å². The Bertz CT molecular complexity index is 115. The van der Waals surface area contributed by atoms with Crippen molar-refractivity contribution in [2.45, 2.75) is 46.8 Å². The summed E-state index contributed by atoms with van der Waals surface area (Å²) in [6.45, 7) is 11.6. The second-order valence-corrected chi connectivity index (χ2v) is 4.59. The van der Waals surface area contributed by atoms with E-state index in [2.05, 4.69) is 39.9 Å². The maximum Gasteiger partial charge on any atom is 0.0628 e. The summed E-state index contributed by atoms with van der Waals surface area (Å²) >= 11 is 0. The van der Waals surface area contributed by atoms with Crippen LogP contribution in [0.15, 0.2) is 0 Å². The van der Waals surface area contributed by atoms with E-state index in [-0.39, 0.29) is 5.41 Å². The molecular formula is C10H23NO. The average molecular weight is 173 g/mol. The normalized spacial score (nSPS) is 15.2. The Hall–Kier alpha value is -0.0800. The monoisotopic (exact) mass is 173 g/mol. The van der Waals surface area contributed by atoms with Crippen molar-refractivity contribution in [3.8, 4) is 0 Å². The summed E-state index contributed by atoms with van der Waals surface area (Å²) in [5, 5.41) is 3.27. The predicted octanol–water partition coefficient (Wildman–Crippen LogP) is 2.05. The van der Waals surface area contributed by atoms with Crippen LogP contribution in [0, 0.1) is 5.41 Å². The Kier molecular flexibility index (Phi) is 4.80. The molecule has 0 aromatic carbocycles. The summed E-state index contributed by atoms with van der Waals surface area (Å²) in [5.41, 5.74) is 0.268. The molecule has 12 heavy (non-hydrogen) atoms. The molecule has 0 spiro atoms. The topological polar surface area (TPSA) is 21.3 Å². The minimum atomic E-state index is 0.268. The Balaban J connectivity index is 3.84. The first-order chi connectivity index (χ1) is 5.38. The highest BCUT2D eigenvalue weighted by molar-refractivity contribution is 4.78. The van der Waals surface area contributed by atoms with E-state index in [0.29, 0.717) is 12.1 Å². The van der Waals surface area contributed by atoms with Crippen LogP contribution < -0.4 is 5.32 Å². The fourth-order valence-corrected chi connectivity index (χ4v) is 1.06. The third-order valence-electron chi connectivity index (χ3n) is 1.99. The lowest BCUT2D eigenvalue weighted by atomic mass is 9.87. The van der Waals surface area contributed by atoms with Crippen LogP contribution in [0.4, 0.5) is 0 Å². The number of hydrogen-bond donors (Lipinski definition) is 1. The fourth-order valence-electron chi connectivity index (χ4n) is 1.06. The molecule has 0 saturated heterocycles. The van der Waals surface area contributed by atoms with Crippen molar-refractivity contribution < 1.29 is 4.74 Å². The summed E-state index contributed by atoms with van der Waals surface area (Å²) in [4.78, 5) is 0. The van der Waals surface area contributed by atoms with Crippen LogP contribution in [0.3, 0.4) is 0 Å². The zero-order valence-electron chi connectivity index (χ0n) is 9.27. The zero-order chi connectivity index (χ0) is 9.78. The molecule has 1 N–H and O–H groups in total. The van der Waals surface area contributed by atoms with E-state index in [1.54, 1.807) is 0 Å². The molecule has 74 valence electrons. The van der Waals surface area contributed by atoms with E-state index in [1.807, 2.05) is 7.05 Å². The first-order valence-corrected chi connectivity index (χ1v) is 4.66. The number of nitrogens with one attached hydrogen (secondary N) is 1. The van der Waals surface area contributed by atoms with Gasteiger partial charge in [0.05, 0.1) is 12.7 Å². The van der Waals surface area contributed by atoms with Crippen molar-refractivity contribution in [1.29, 1.82) is 0 Å². The van der Waals surface area contributed by atoms with E-state index >= 15 is 0 Å². The number of likely N-dealkylation sites (N-methyl/N-ethyl adjacent to an activating group) is 1. The van der Waals surface area contributed by atoms with Crippen molar-refractivity contribution in [3.05, 3.63) is 0 Å². The van der Waals surface area contributed by atoms with Crippen molar-refractivity contribution in [2.24, 2.45) is 5.41 Å². The quantitative estimate of drug-likeness (QED) is 0.702. The largest absolute Gasteiger partial charge is 0.377 e. The van der Waals surface area contributed by atoms with E-state index in [9.17, 15) is 0 Å². The fraction of sp³-hybridized carbons (Fsp3) is 1.00. The minimum absolute atomic E-state index is 0.268. The maximum atomic E-state index is 5.56. The first kappa shape index (κ1) is 11.9. The lowest BCUT2D eigenvalue weighted by Crippen LogP contribution is -2.42. The summed E-state index contributed by atoms with van der Waals surface area (Å²) in [5.74, 6) is 0. The van der Waals surface area contributed by atoms with Crippen molar-refractivity contribution in [3.63, 3.8) is 0 Å². The standard InChI is InChI=1S/C10H23NO/c1-8(2)12-7-9(11-6)10(3,4)5/h8-9,11H,7H2,1-6H3. The summed E-state index contributed by atoms with van der Waals surface area (Å²) in [6.07, 6.45) is 0.322. The summed E-state index contributed by atoms with van der Waals surface area (Å²) < 4.78 is 5.56. The number of hydrogen-bond acceptors (Lipinski definition) is 2. The number of rotatable bonds is 4. The van der Waals surface area contributed by atoms with Crippen molar-refractivity contribution >= 4 is 0 Å². The van der Waals surface area contributed by atoms with E-state index in [0.717, 1.165) is 6.61 Å². The van der Waals surface area contributed by atoms with Crippen LogP contribution in [0.5, 0.6) is 0 Å². The van der Waals surface area contributed by atoms with Gasteiger partial charge in [0.2, 0.25) is 0 Å². The average Bonchev–Trinajstić information content (AvgIpc) is 1.85. The molecular weight excluding hydrogens is 150 g/mol. The summed E-state index contributed by atoms with van der Waals surface area (Å²) in [6, 6.07) is 0.430. The van der Waals surface area contributed by atoms with Crippen LogP contribution in [-0.4, -0.2) is 25.8 Å². The van der Waals surface area contributed by atoms with Gasteiger partial charge in [-0.15, -0.1) is 0 Å². The van der Waals surface area contributed by atoms with Crippen LogP contribution in [0.2, 0.25) is 0 Å². The van der Waals surface area contributed by atoms with E-state index < -0.39 is 0 Å². The maximum absolute atomic E-state index is 5.56. The Morgan fingerprint density at radius 2 is 1.75 bits per heavy atom. The highest BCUT2D eigenvalue weighted by Gasteiger charge is 2.22. The smallest absolute Gasteiger partial charge is 0.0628 e. The lowest BCUT2D eigenvalue weighted by Gasteiger charge is -2.30. The van der Waals surface area contributed by atoms with Crippen LogP contribution in [0.25, 0.3) is 0 Å². The second kappa shape index (κ2) is 4.83. The Labute approximate surface area is 76.7 Å². The van der Waals surface area contributed by atoms with E-state index in [4.69, 9.17) is 4.74 Å². The van der Waals surface area contributed by atoms with Gasteiger partial charge in [-0.3, -0.25) is 0 Å². The Morgan fingerprint density at radius 1 is 1.25 bits per heavy atom. The van der Waals surface area contributed by atoms with Gasteiger partial charge in [0.15, 0.2) is 0 Å². The molecule has 0 aromatic heterocycles. The molecule has 1 unspecified atom stereocenters. The molecule has 0 aliphatic heterocycles. The molecule has 0 saturated carbocycles. The lowest BCUT2D eigenvalue weighted by molar-refractivity contribution is 0.0382. The summed E-state index contributed by atoms with van der Waals surface area (Å²) in [7, 11) is 1.99. The molecule has 2 heteroatoms. The predicted molar refractivity (Wildman–Crippen MR) is 53.4 cm³/mol. The van der Waals surface area contributed by atoms with Gasteiger partial charge in [-0.05, 0) is 26.3 Å². The molecule has 0 aliphatic carbocycles. The molecule has 0 rings (SSSR count). The van der Waals surface area contributed by atoms with Crippen LogP contribution in [0.1, 0.15) is 34.6 Å². The van der Waals surface area contributed by atoms with E-state index in [1.165, 1.54) is 0 Å². The molecule has 0 heterocycles. The van der Waals surface area contributed by atoms with Gasteiger partial charge in [0, 0.05) is 6.04 Å². The second-order valence-electron chi connectivity index (χ2n) is 4.59. The third kappa shape index (κ3) is 4.73. The number of ether oxygens (including phenoxy) is 1. The molecule has 1 atom stereocenters. The highest BCUT2D eigenvalue weighted by Crippen LogP contribution is 2.19. The first-order valence-electron chi connectivity index (χ1n) is 4.66. The third-order valence-corrected chi connectivity index (χ3v) is 1.99. The van der Waals surface area contributed by atoms with Gasteiger partial charge >= 0.3 is 0 Å². The van der Waals surface area contributed by atoms with Gasteiger partial charge in [0.25, 0.3) is 0 Å². The Morgan fingerprint density at radius 3 is 2.00 bits per heavy atom. The van der Waals surface area contributed by atoms with Crippen molar-refractivity contribution in [1.82, 2.24) is 5.32 Å². The molecule has 0 aromatic rings.